The predicted molar refractivity (Wildman–Crippen MR) is 69.4 cm³/mol. The lowest BCUT2D eigenvalue weighted by Crippen LogP contribution is -2.16. The third-order valence-electron chi connectivity index (χ3n) is 2.03. The number of carbonyl (C=O) groups excluding carboxylic acids is 1. The van der Waals surface area contributed by atoms with Crippen molar-refractivity contribution in [2.75, 3.05) is 0 Å². The molecule has 0 radical (unpaired) electrons. The molecule has 0 spiro atoms. The lowest BCUT2D eigenvalue weighted by Gasteiger charge is -1.97. The summed E-state index contributed by atoms with van der Waals surface area (Å²) in [5, 5.41) is 3.88. The number of hydrogen-bond donors (Lipinski definition) is 1. The Labute approximate surface area is 104 Å². The highest BCUT2D eigenvalue weighted by molar-refractivity contribution is 9.10. The van der Waals surface area contributed by atoms with Crippen LogP contribution in [0.5, 0.6) is 0 Å². The number of amides is 1. The average molecular weight is 283 g/mol. The Morgan fingerprint density at radius 2 is 2.12 bits per heavy atom. The van der Waals surface area contributed by atoms with E-state index in [2.05, 4.69) is 33.4 Å². The third-order valence-corrected chi connectivity index (χ3v) is 2.56. The van der Waals surface area contributed by atoms with Crippen LogP contribution in [-0.2, 0) is 4.79 Å². The SMILES string of the molecule is CCCCC(=O)N/N=C/c1ccc(Br)cc1. The van der Waals surface area contributed by atoms with E-state index in [0.717, 1.165) is 22.9 Å². The van der Waals surface area contributed by atoms with Gasteiger partial charge in [-0.25, -0.2) is 5.43 Å². The number of hydrogen-bond acceptors (Lipinski definition) is 2. The first kappa shape index (κ1) is 12.9. The van der Waals surface area contributed by atoms with Crippen LogP contribution >= 0.6 is 15.9 Å². The Balaban J connectivity index is 2.37. The van der Waals surface area contributed by atoms with Crippen molar-refractivity contribution < 1.29 is 4.79 Å². The van der Waals surface area contributed by atoms with Crippen molar-refractivity contribution in [1.29, 1.82) is 0 Å². The molecule has 0 saturated heterocycles. The van der Waals surface area contributed by atoms with Crippen LogP contribution in [-0.4, -0.2) is 12.1 Å². The van der Waals surface area contributed by atoms with Crippen molar-refractivity contribution in [3.63, 3.8) is 0 Å². The molecule has 1 aromatic carbocycles. The summed E-state index contributed by atoms with van der Waals surface area (Å²) >= 11 is 3.35. The summed E-state index contributed by atoms with van der Waals surface area (Å²) in [6.07, 6.45) is 4.09. The van der Waals surface area contributed by atoms with Crippen molar-refractivity contribution in [2.45, 2.75) is 26.2 Å². The Kier molecular flexibility index (Phi) is 5.78. The Morgan fingerprint density at radius 3 is 2.75 bits per heavy atom. The molecule has 1 aromatic rings. The molecular weight excluding hydrogens is 268 g/mol. The van der Waals surface area contributed by atoms with Gasteiger partial charge in [-0.1, -0.05) is 41.4 Å². The van der Waals surface area contributed by atoms with Gasteiger partial charge in [-0.2, -0.15) is 5.10 Å². The van der Waals surface area contributed by atoms with E-state index in [0.29, 0.717) is 6.42 Å². The summed E-state index contributed by atoms with van der Waals surface area (Å²) < 4.78 is 1.02. The van der Waals surface area contributed by atoms with Crippen molar-refractivity contribution >= 4 is 28.1 Å². The van der Waals surface area contributed by atoms with Gasteiger partial charge in [0.05, 0.1) is 6.21 Å². The molecule has 0 bridgehead atoms. The van der Waals surface area contributed by atoms with E-state index in [-0.39, 0.29) is 5.91 Å². The fraction of sp³-hybridized carbons (Fsp3) is 0.333. The highest BCUT2D eigenvalue weighted by Gasteiger charge is 1.96. The van der Waals surface area contributed by atoms with Gasteiger partial charge in [0.15, 0.2) is 0 Å². The molecule has 4 heteroatoms. The summed E-state index contributed by atoms with van der Waals surface area (Å²) in [4.78, 5) is 11.2. The summed E-state index contributed by atoms with van der Waals surface area (Å²) in [5.41, 5.74) is 3.46. The number of benzene rings is 1. The minimum absolute atomic E-state index is 0.0322. The Hall–Kier alpha value is -1.16. The number of rotatable bonds is 5. The van der Waals surface area contributed by atoms with E-state index < -0.39 is 0 Å². The van der Waals surface area contributed by atoms with Crippen LogP contribution in [0.25, 0.3) is 0 Å². The van der Waals surface area contributed by atoms with Gasteiger partial charge in [-0.15, -0.1) is 0 Å². The molecule has 0 unspecified atom stereocenters. The predicted octanol–water partition coefficient (Wildman–Crippen LogP) is 3.09. The largest absolute Gasteiger partial charge is 0.273 e. The molecule has 1 rings (SSSR count). The summed E-state index contributed by atoms with van der Waals surface area (Å²) in [7, 11) is 0. The molecule has 86 valence electrons. The van der Waals surface area contributed by atoms with E-state index >= 15 is 0 Å². The van der Waals surface area contributed by atoms with Crippen LogP contribution < -0.4 is 5.43 Å². The topological polar surface area (TPSA) is 41.5 Å². The molecule has 0 aliphatic heterocycles. The monoisotopic (exact) mass is 282 g/mol. The second-order valence-electron chi connectivity index (χ2n) is 3.45. The molecular formula is C12H15BrN2O. The molecule has 0 aromatic heterocycles. The standard InChI is InChI=1S/C12H15BrN2O/c1-2-3-4-12(16)15-14-9-10-5-7-11(13)8-6-10/h5-9H,2-4H2,1H3,(H,15,16)/b14-9+. The van der Waals surface area contributed by atoms with E-state index in [1.165, 1.54) is 0 Å². The zero-order chi connectivity index (χ0) is 11.8. The quantitative estimate of drug-likeness (QED) is 0.654. The van der Waals surface area contributed by atoms with Crippen molar-refractivity contribution in [3.8, 4) is 0 Å². The first-order valence-corrected chi connectivity index (χ1v) is 6.09. The highest BCUT2D eigenvalue weighted by atomic mass is 79.9. The number of halogens is 1. The van der Waals surface area contributed by atoms with Crippen molar-refractivity contribution in [3.05, 3.63) is 34.3 Å². The first-order valence-electron chi connectivity index (χ1n) is 5.30. The molecule has 0 aliphatic rings. The van der Waals surface area contributed by atoms with Crippen LogP contribution in [0.3, 0.4) is 0 Å². The fourth-order valence-corrected chi connectivity index (χ4v) is 1.39. The molecule has 0 saturated carbocycles. The van der Waals surface area contributed by atoms with E-state index in [9.17, 15) is 4.79 Å². The molecule has 0 fully saturated rings. The number of nitrogens with one attached hydrogen (secondary N) is 1. The fourth-order valence-electron chi connectivity index (χ4n) is 1.12. The van der Waals surface area contributed by atoms with E-state index in [1.54, 1.807) is 6.21 Å². The van der Waals surface area contributed by atoms with Gasteiger partial charge in [0.1, 0.15) is 0 Å². The lowest BCUT2D eigenvalue weighted by atomic mass is 10.2. The first-order chi connectivity index (χ1) is 7.72. The minimum atomic E-state index is -0.0322. The minimum Gasteiger partial charge on any atom is -0.273 e. The summed E-state index contributed by atoms with van der Waals surface area (Å²) in [5.74, 6) is -0.0322. The van der Waals surface area contributed by atoms with Crippen LogP contribution in [0.4, 0.5) is 0 Å². The van der Waals surface area contributed by atoms with Gasteiger partial charge in [-0.3, -0.25) is 4.79 Å². The second-order valence-corrected chi connectivity index (χ2v) is 4.36. The number of carbonyl (C=O) groups is 1. The molecule has 0 heterocycles. The number of unbranched alkanes of at least 4 members (excludes halogenated alkanes) is 1. The molecule has 1 N–H and O–H groups in total. The molecule has 1 amide bonds. The maximum atomic E-state index is 11.2. The zero-order valence-corrected chi connectivity index (χ0v) is 10.8. The van der Waals surface area contributed by atoms with Gasteiger partial charge in [0, 0.05) is 10.9 Å². The molecule has 16 heavy (non-hydrogen) atoms. The van der Waals surface area contributed by atoms with Gasteiger partial charge >= 0.3 is 0 Å². The molecule has 3 nitrogen and oxygen atoms in total. The van der Waals surface area contributed by atoms with Crippen LogP contribution in [0.1, 0.15) is 31.7 Å². The normalized spacial score (nSPS) is 10.6. The van der Waals surface area contributed by atoms with Crippen molar-refractivity contribution in [2.24, 2.45) is 5.10 Å². The van der Waals surface area contributed by atoms with Crippen molar-refractivity contribution in [1.82, 2.24) is 5.43 Å². The van der Waals surface area contributed by atoms with Crippen LogP contribution in [0, 0.1) is 0 Å². The van der Waals surface area contributed by atoms with Crippen LogP contribution in [0.15, 0.2) is 33.8 Å². The smallest absolute Gasteiger partial charge is 0.240 e. The van der Waals surface area contributed by atoms with Crippen LogP contribution in [0.2, 0.25) is 0 Å². The number of nitrogens with zero attached hydrogens (tertiary/aromatic N) is 1. The van der Waals surface area contributed by atoms with Gasteiger partial charge in [-0.05, 0) is 24.1 Å². The van der Waals surface area contributed by atoms with Gasteiger partial charge < -0.3 is 0 Å². The highest BCUT2D eigenvalue weighted by Crippen LogP contribution is 2.08. The lowest BCUT2D eigenvalue weighted by molar-refractivity contribution is -0.121. The Morgan fingerprint density at radius 1 is 1.44 bits per heavy atom. The summed E-state index contributed by atoms with van der Waals surface area (Å²) in [6.45, 7) is 2.05. The number of hydrazone groups is 1. The van der Waals surface area contributed by atoms with Gasteiger partial charge in [0.25, 0.3) is 0 Å². The van der Waals surface area contributed by atoms with E-state index in [1.807, 2.05) is 24.3 Å². The van der Waals surface area contributed by atoms with E-state index in [4.69, 9.17) is 0 Å². The molecule has 0 aliphatic carbocycles. The average Bonchev–Trinajstić information content (AvgIpc) is 2.29. The zero-order valence-electron chi connectivity index (χ0n) is 9.24. The van der Waals surface area contributed by atoms with Gasteiger partial charge in [0.2, 0.25) is 5.91 Å². The molecule has 0 atom stereocenters. The summed E-state index contributed by atoms with van der Waals surface area (Å²) in [6, 6.07) is 7.71. The maximum absolute atomic E-state index is 11.2. The third kappa shape index (κ3) is 5.07. The Bertz CT molecular complexity index is 360. The maximum Gasteiger partial charge on any atom is 0.240 e. The second kappa shape index (κ2) is 7.17.